The van der Waals surface area contributed by atoms with Crippen LogP contribution in [0.1, 0.15) is 18.2 Å². The lowest BCUT2D eigenvalue weighted by Crippen LogP contribution is -2.05. The molecule has 80 valence electrons. The quantitative estimate of drug-likeness (QED) is 0.879. The minimum Gasteiger partial charge on any atom is -0.458 e. The summed E-state index contributed by atoms with van der Waals surface area (Å²) < 4.78 is 7.07. The second-order valence-corrected chi connectivity index (χ2v) is 4.67. The molecule has 0 bridgehead atoms. The van der Waals surface area contributed by atoms with Crippen LogP contribution in [0.15, 0.2) is 22.6 Å². The van der Waals surface area contributed by atoms with E-state index >= 15 is 0 Å². The molecule has 2 aromatic rings. The van der Waals surface area contributed by atoms with Crippen molar-refractivity contribution < 1.29 is 4.42 Å². The number of rotatable bonds is 3. The van der Waals surface area contributed by atoms with E-state index in [-0.39, 0.29) is 0 Å². The lowest BCUT2D eigenvalue weighted by atomic mass is 10.1. The van der Waals surface area contributed by atoms with Crippen LogP contribution in [0.2, 0.25) is 0 Å². The molecular weight excluding hydrogens is 301 g/mol. The van der Waals surface area contributed by atoms with E-state index < -0.39 is 0 Å². The van der Waals surface area contributed by atoms with Gasteiger partial charge < -0.3 is 9.73 Å². The Morgan fingerprint density at radius 3 is 2.87 bits per heavy atom. The topological polar surface area (TPSA) is 25.2 Å². The maximum absolute atomic E-state index is 5.89. The Kier molecular flexibility index (Phi) is 3.31. The van der Waals surface area contributed by atoms with E-state index in [1.165, 1.54) is 14.5 Å². The molecule has 3 heteroatoms. The molecule has 0 spiro atoms. The van der Waals surface area contributed by atoms with Crippen molar-refractivity contribution in [1.82, 2.24) is 5.32 Å². The van der Waals surface area contributed by atoms with Gasteiger partial charge in [0.15, 0.2) is 0 Å². The lowest BCUT2D eigenvalue weighted by molar-refractivity contribution is 0.523. The third-order valence-electron chi connectivity index (χ3n) is 2.54. The van der Waals surface area contributed by atoms with Crippen molar-refractivity contribution in [3.8, 4) is 0 Å². The number of hydrogen-bond donors (Lipinski definition) is 1. The average molecular weight is 315 g/mol. The first-order chi connectivity index (χ1) is 7.27. The van der Waals surface area contributed by atoms with Crippen LogP contribution >= 0.6 is 22.6 Å². The molecular formula is C12H14INO. The number of benzene rings is 1. The summed E-state index contributed by atoms with van der Waals surface area (Å²) in [7, 11) is 1.94. The smallest absolute Gasteiger partial charge is 0.147 e. The molecule has 1 aromatic heterocycles. The molecule has 2 nitrogen and oxygen atoms in total. The van der Waals surface area contributed by atoms with Crippen LogP contribution in [0, 0.1) is 3.57 Å². The SMILES string of the molecule is CCc1c(CNC)oc2c(I)cccc12. The zero-order chi connectivity index (χ0) is 10.8. The van der Waals surface area contributed by atoms with Gasteiger partial charge in [0.05, 0.1) is 10.1 Å². The summed E-state index contributed by atoms with van der Waals surface area (Å²) in [4.78, 5) is 0. The second-order valence-electron chi connectivity index (χ2n) is 3.50. The van der Waals surface area contributed by atoms with Crippen LogP contribution in [-0.4, -0.2) is 7.05 Å². The van der Waals surface area contributed by atoms with Crippen LogP contribution < -0.4 is 5.32 Å². The molecule has 0 aliphatic heterocycles. The standard InChI is InChI=1S/C12H14INO/c1-3-8-9-5-4-6-10(13)12(9)15-11(8)7-14-2/h4-6,14H,3,7H2,1-2H3. The third kappa shape index (κ3) is 1.90. The fraction of sp³-hybridized carbons (Fsp3) is 0.333. The molecule has 1 N–H and O–H groups in total. The molecule has 0 atom stereocenters. The van der Waals surface area contributed by atoms with Gasteiger partial charge >= 0.3 is 0 Å². The molecule has 0 saturated heterocycles. The Labute approximate surface area is 103 Å². The summed E-state index contributed by atoms with van der Waals surface area (Å²) >= 11 is 2.32. The second kappa shape index (κ2) is 4.53. The first kappa shape index (κ1) is 11.0. The molecule has 2 rings (SSSR count). The van der Waals surface area contributed by atoms with E-state index in [9.17, 15) is 0 Å². The van der Waals surface area contributed by atoms with E-state index in [0.717, 1.165) is 24.3 Å². The zero-order valence-corrected chi connectivity index (χ0v) is 11.1. The highest BCUT2D eigenvalue weighted by molar-refractivity contribution is 14.1. The minimum absolute atomic E-state index is 0.800. The van der Waals surface area contributed by atoms with Crippen molar-refractivity contribution >= 4 is 33.6 Å². The van der Waals surface area contributed by atoms with Gasteiger partial charge in [-0.25, -0.2) is 0 Å². The van der Waals surface area contributed by atoms with Crippen molar-refractivity contribution in [2.75, 3.05) is 7.05 Å². The van der Waals surface area contributed by atoms with Gasteiger partial charge in [0.25, 0.3) is 0 Å². The fourth-order valence-corrected chi connectivity index (χ4v) is 2.48. The summed E-state index contributed by atoms with van der Waals surface area (Å²) in [5.74, 6) is 1.07. The Morgan fingerprint density at radius 2 is 2.20 bits per heavy atom. The molecule has 0 unspecified atom stereocenters. The predicted molar refractivity (Wildman–Crippen MR) is 71.1 cm³/mol. The van der Waals surface area contributed by atoms with Crippen LogP contribution in [0.5, 0.6) is 0 Å². The third-order valence-corrected chi connectivity index (χ3v) is 3.39. The van der Waals surface area contributed by atoms with Gasteiger partial charge in [-0.15, -0.1) is 0 Å². The molecule has 1 aromatic carbocycles. The number of hydrogen-bond acceptors (Lipinski definition) is 2. The Morgan fingerprint density at radius 1 is 1.40 bits per heavy atom. The Bertz CT molecular complexity index is 476. The van der Waals surface area contributed by atoms with E-state index in [4.69, 9.17) is 4.42 Å². The molecule has 0 radical (unpaired) electrons. The highest BCUT2D eigenvalue weighted by Crippen LogP contribution is 2.29. The number of aryl methyl sites for hydroxylation is 1. The molecule has 15 heavy (non-hydrogen) atoms. The first-order valence-electron chi connectivity index (χ1n) is 5.11. The van der Waals surface area contributed by atoms with Gasteiger partial charge in [-0.05, 0) is 42.1 Å². The fourth-order valence-electron chi connectivity index (χ4n) is 1.88. The van der Waals surface area contributed by atoms with E-state index in [0.29, 0.717) is 0 Å². The van der Waals surface area contributed by atoms with Crippen LogP contribution in [0.3, 0.4) is 0 Å². The summed E-state index contributed by atoms with van der Waals surface area (Å²) in [6.45, 7) is 2.97. The number of fused-ring (bicyclic) bond motifs is 1. The molecule has 0 aliphatic carbocycles. The number of nitrogens with one attached hydrogen (secondary N) is 1. The van der Waals surface area contributed by atoms with Gasteiger partial charge in [0.1, 0.15) is 11.3 Å². The lowest BCUT2D eigenvalue weighted by Gasteiger charge is -1.97. The van der Waals surface area contributed by atoms with Crippen molar-refractivity contribution in [2.24, 2.45) is 0 Å². The molecule has 0 fully saturated rings. The van der Waals surface area contributed by atoms with Crippen molar-refractivity contribution in [3.63, 3.8) is 0 Å². The van der Waals surface area contributed by atoms with Crippen LogP contribution in [-0.2, 0) is 13.0 Å². The van der Waals surface area contributed by atoms with E-state index in [1.54, 1.807) is 0 Å². The van der Waals surface area contributed by atoms with E-state index in [1.807, 2.05) is 7.05 Å². The van der Waals surface area contributed by atoms with Gasteiger partial charge in [-0.3, -0.25) is 0 Å². The van der Waals surface area contributed by atoms with Crippen molar-refractivity contribution in [1.29, 1.82) is 0 Å². The minimum atomic E-state index is 0.800. The van der Waals surface area contributed by atoms with Gasteiger partial charge in [-0.2, -0.15) is 0 Å². The molecule has 0 amide bonds. The van der Waals surface area contributed by atoms with Gasteiger partial charge in [0.2, 0.25) is 0 Å². The average Bonchev–Trinajstić information content (AvgIpc) is 2.58. The monoisotopic (exact) mass is 315 g/mol. The van der Waals surface area contributed by atoms with Crippen LogP contribution in [0.25, 0.3) is 11.0 Å². The predicted octanol–water partition coefficient (Wildman–Crippen LogP) is 3.32. The summed E-state index contributed by atoms with van der Waals surface area (Å²) in [5.41, 5.74) is 2.36. The molecule has 1 heterocycles. The summed E-state index contributed by atoms with van der Waals surface area (Å²) in [6, 6.07) is 6.30. The Balaban J connectivity index is 2.67. The normalized spacial score (nSPS) is 11.1. The van der Waals surface area contributed by atoms with Gasteiger partial charge in [-0.1, -0.05) is 19.1 Å². The first-order valence-corrected chi connectivity index (χ1v) is 6.19. The van der Waals surface area contributed by atoms with Gasteiger partial charge in [0, 0.05) is 10.9 Å². The number of furan rings is 1. The highest BCUT2D eigenvalue weighted by Gasteiger charge is 2.13. The van der Waals surface area contributed by atoms with Crippen LogP contribution in [0.4, 0.5) is 0 Å². The van der Waals surface area contributed by atoms with Crippen molar-refractivity contribution in [2.45, 2.75) is 19.9 Å². The highest BCUT2D eigenvalue weighted by atomic mass is 127. The number of para-hydroxylation sites is 1. The molecule has 0 aliphatic rings. The summed E-state index contributed by atoms with van der Waals surface area (Å²) in [6.07, 6.45) is 1.02. The molecule has 0 saturated carbocycles. The zero-order valence-electron chi connectivity index (χ0n) is 8.93. The van der Waals surface area contributed by atoms with Crippen molar-refractivity contribution in [3.05, 3.63) is 33.1 Å². The Hall–Kier alpha value is -0.550. The number of halogens is 1. The maximum Gasteiger partial charge on any atom is 0.147 e. The maximum atomic E-state index is 5.89. The van der Waals surface area contributed by atoms with E-state index in [2.05, 4.69) is 53.0 Å². The summed E-state index contributed by atoms with van der Waals surface area (Å²) in [5, 5.41) is 4.40. The largest absolute Gasteiger partial charge is 0.458 e.